The Kier molecular flexibility index (Phi) is 6.56. The van der Waals surface area contributed by atoms with Crippen molar-refractivity contribution in [2.45, 2.75) is 11.8 Å². The van der Waals surface area contributed by atoms with Gasteiger partial charge in [-0.05, 0) is 45.8 Å². The summed E-state index contributed by atoms with van der Waals surface area (Å²) in [5.41, 5.74) is 1.17. The van der Waals surface area contributed by atoms with E-state index in [1.807, 2.05) is 33.0 Å². The molecular formula is C17H28N4O3S. The van der Waals surface area contributed by atoms with E-state index in [2.05, 4.69) is 10.2 Å². The van der Waals surface area contributed by atoms with Gasteiger partial charge in [-0.2, -0.15) is 4.31 Å². The summed E-state index contributed by atoms with van der Waals surface area (Å²) in [6, 6.07) is 4.78. The van der Waals surface area contributed by atoms with Gasteiger partial charge in [-0.25, -0.2) is 8.42 Å². The van der Waals surface area contributed by atoms with Gasteiger partial charge in [0.2, 0.25) is 10.0 Å². The molecule has 1 amide bonds. The fourth-order valence-corrected chi connectivity index (χ4v) is 4.12. The van der Waals surface area contributed by atoms with E-state index in [1.165, 1.54) is 10.4 Å². The number of carbonyl (C=O) groups excluding carboxylic acids is 1. The van der Waals surface area contributed by atoms with Crippen molar-refractivity contribution in [3.63, 3.8) is 0 Å². The molecule has 0 aliphatic carbocycles. The average Bonchev–Trinajstić information content (AvgIpc) is 2.55. The van der Waals surface area contributed by atoms with Crippen molar-refractivity contribution < 1.29 is 13.2 Å². The number of piperazine rings is 1. The Morgan fingerprint density at radius 3 is 2.44 bits per heavy atom. The summed E-state index contributed by atoms with van der Waals surface area (Å²) in [5.74, 6) is -0.241. The molecule has 0 atom stereocenters. The number of carbonyl (C=O) groups is 1. The molecule has 1 heterocycles. The summed E-state index contributed by atoms with van der Waals surface area (Å²) in [7, 11) is 2.27. The molecule has 1 saturated heterocycles. The molecule has 1 aliphatic rings. The van der Waals surface area contributed by atoms with Crippen LogP contribution in [0, 0.1) is 6.92 Å². The number of hydrogen-bond acceptors (Lipinski definition) is 5. The maximum absolute atomic E-state index is 12.9. The maximum atomic E-state index is 12.9. The fourth-order valence-electron chi connectivity index (χ4n) is 2.67. The van der Waals surface area contributed by atoms with Gasteiger partial charge >= 0.3 is 0 Å². The van der Waals surface area contributed by atoms with Gasteiger partial charge in [0, 0.05) is 44.8 Å². The van der Waals surface area contributed by atoms with E-state index in [9.17, 15) is 13.2 Å². The monoisotopic (exact) mass is 368 g/mol. The van der Waals surface area contributed by atoms with Gasteiger partial charge in [0.15, 0.2) is 0 Å². The molecule has 140 valence electrons. The van der Waals surface area contributed by atoms with Crippen LogP contribution in [0.2, 0.25) is 0 Å². The van der Waals surface area contributed by atoms with Crippen molar-refractivity contribution in [3.8, 4) is 0 Å². The van der Waals surface area contributed by atoms with Gasteiger partial charge in [0.05, 0.1) is 4.90 Å². The third-order valence-corrected chi connectivity index (χ3v) is 6.29. The second-order valence-electron chi connectivity index (χ2n) is 6.74. The zero-order valence-corrected chi connectivity index (χ0v) is 16.3. The number of rotatable bonds is 6. The molecule has 2 rings (SSSR count). The van der Waals surface area contributed by atoms with Crippen LogP contribution < -0.4 is 5.32 Å². The van der Waals surface area contributed by atoms with Crippen molar-refractivity contribution in [1.82, 2.24) is 19.4 Å². The quantitative estimate of drug-likeness (QED) is 0.778. The number of sulfonamides is 1. The predicted molar refractivity (Wildman–Crippen MR) is 98.3 cm³/mol. The van der Waals surface area contributed by atoms with Gasteiger partial charge in [-0.3, -0.25) is 4.79 Å². The Balaban J connectivity index is 2.18. The van der Waals surface area contributed by atoms with Crippen LogP contribution in [0.25, 0.3) is 0 Å². The Morgan fingerprint density at radius 2 is 1.84 bits per heavy atom. The number of hydrogen-bond donors (Lipinski definition) is 1. The summed E-state index contributed by atoms with van der Waals surface area (Å²) in [6.45, 7) is 5.41. The molecule has 0 radical (unpaired) electrons. The van der Waals surface area contributed by atoms with E-state index in [-0.39, 0.29) is 10.8 Å². The topological polar surface area (TPSA) is 73.0 Å². The minimum atomic E-state index is -3.57. The molecule has 8 heteroatoms. The Morgan fingerprint density at radius 1 is 1.20 bits per heavy atom. The summed E-state index contributed by atoms with van der Waals surface area (Å²) < 4.78 is 27.2. The third kappa shape index (κ3) is 5.01. The van der Waals surface area contributed by atoms with Crippen LogP contribution in [-0.2, 0) is 10.0 Å². The van der Waals surface area contributed by atoms with Gasteiger partial charge in [0.25, 0.3) is 5.91 Å². The zero-order valence-electron chi connectivity index (χ0n) is 15.4. The number of aryl methyl sites for hydroxylation is 1. The van der Waals surface area contributed by atoms with Crippen molar-refractivity contribution >= 4 is 15.9 Å². The van der Waals surface area contributed by atoms with Gasteiger partial charge in [-0.15, -0.1) is 0 Å². The number of benzene rings is 1. The fraction of sp³-hybridized carbons (Fsp3) is 0.588. The lowest BCUT2D eigenvalue weighted by Gasteiger charge is -2.31. The minimum absolute atomic E-state index is 0.181. The van der Waals surface area contributed by atoms with Crippen molar-refractivity contribution in [3.05, 3.63) is 29.3 Å². The van der Waals surface area contributed by atoms with Gasteiger partial charge in [0.1, 0.15) is 0 Å². The number of nitrogens with one attached hydrogen (secondary N) is 1. The van der Waals surface area contributed by atoms with E-state index >= 15 is 0 Å². The lowest BCUT2D eigenvalue weighted by Crippen LogP contribution is -2.47. The first-order valence-electron chi connectivity index (χ1n) is 8.44. The number of amides is 1. The van der Waals surface area contributed by atoms with Crippen LogP contribution in [-0.4, -0.2) is 88.8 Å². The first kappa shape index (κ1) is 19.8. The summed E-state index contributed by atoms with van der Waals surface area (Å²) in [4.78, 5) is 16.7. The smallest absolute Gasteiger partial charge is 0.251 e. The van der Waals surface area contributed by atoms with Crippen molar-refractivity contribution in [2.75, 3.05) is 60.4 Å². The molecule has 0 unspecified atom stereocenters. The highest BCUT2D eigenvalue weighted by molar-refractivity contribution is 7.89. The molecule has 7 nitrogen and oxygen atoms in total. The summed E-state index contributed by atoms with van der Waals surface area (Å²) in [5, 5.41) is 2.84. The predicted octanol–water partition coefficient (Wildman–Crippen LogP) is 0.223. The normalized spacial score (nSPS) is 17.0. The maximum Gasteiger partial charge on any atom is 0.251 e. The largest absolute Gasteiger partial charge is 0.351 e. The standard InChI is InChI=1S/C17H28N4O3S/c1-14-5-6-15(13-16(14)17(22)18-7-8-19(2)3)25(23,24)21-11-9-20(4)10-12-21/h5-6,13H,7-12H2,1-4H3,(H,18,22). The molecule has 25 heavy (non-hydrogen) atoms. The molecule has 0 spiro atoms. The second-order valence-corrected chi connectivity index (χ2v) is 8.68. The molecule has 1 fully saturated rings. The van der Waals surface area contributed by atoms with E-state index < -0.39 is 10.0 Å². The average molecular weight is 369 g/mol. The van der Waals surface area contributed by atoms with Crippen LogP contribution in [0.3, 0.4) is 0 Å². The van der Waals surface area contributed by atoms with Crippen LogP contribution in [0.4, 0.5) is 0 Å². The van der Waals surface area contributed by atoms with Crippen LogP contribution >= 0.6 is 0 Å². The first-order chi connectivity index (χ1) is 11.7. The van der Waals surface area contributed by atoms with Crippen LogP contribution in [0.1, 0.15) is 15.9 Å². The van der Waals surface area contributed by atoms with Crippen molar-refractivity contribution in [1.29, 1.82) is 0 Å². The van der Waals surface area contributed by atoms with E-state index in [0.717, 1.165) is 12.1 Å². The van der Waals surface area contributed by atoms with Crippen molar-refractivity contribution in [2.24, 2.45) is 0 Å². The van der Waals surface area contributed by atoms with Crippen LogP contribution in [0.5, 0.6) is 0 Å². The molecule has 0 bridgehead atoms. The Bertz CT molecular complexity index is 711. The summed E-state index contributed by atoms with van der Waals surface area (Å²) >= 11 is 0. The molecule has 1 aromatic rings. The molecule has 0 saturated carbocycles. The number of nitrogens with zero attached hydrogens (tertiary/aromatic N) is 3. The molecule has 1 N–H and O–H groups in total. The second kappa shape index (κ2) is 8.27. The summed E-state index contributed by atoms with van der Waals surface area (Å²) in [6.07, 6.45) is 0. The number of likely N-dealkylation sites (N-methyl/N-ethyl adjacent to an activating group) is 2. The highest BCUT2D eigenvalue weighted by Gasteiger charge is 2.28. The van der Waals surface area contributed by atoms with Gasteiger partial charge < -0.3 is 15.1 Å². The lowest BCUT2D eigenvalue weighted by molar-refractivity contribution is 0.0950. The van der Waals surface area contributed by atoms with E-state index in [0.29, 0.717) is 38.3 Å². The minimum Gasteiger partial charge on any atom is -0.351 e. The highest BCUT2D eigenvalue weighted by atomic mass is 32.2. The van der Waals surface area contributed by atoms with E-state index in [4.69, 9.17) is 0 Å². The zero-order chi connectivity index (χ0) is 18.6. The molecule has 1 aliphatic heterocycles. The highest BCUT2D eigenvalue weighted by Crippen LogP contribution is 2.20. The third-order valence-electron chi connectivity index (χ3n) is 4.40. The first-order valence-corrected chi connectivity index (χ1v) is 9.88. The molecule has 0 aromatic heterocycles. The molecular weight excluding hydrogens is 340 g/mol. The Hall–Kier alpha value is -1.48. The van der Waals surface area contributed by atoms with E-state index in [1.54, 1.807) is 12.1 Å². The lowest BCUT2D eigenvalue weighted by atomic mass is 10.1. The van der Waals surface area contributed by atoms with Gasteiger partial charge in [-0.1, -0.05) is 6.07 Å². The SMILES string of the molecule is Cc1ccc(S(=O)(=O)N2CCN(C)CC2)cc1C(=O)NCCN(C)C. The molecule has 1 aromatic carbocycles. The van der Waals surface area contributed by atoms with Crippen LogP contribution in [0.15, 0.2) is 23.1 Å². The Labute approximate surface area is 150 Å².